The van der Waals surface area contributed by atoms with Crippen molar-refractivity contribution in [3.63, 3.8) is 0 Å². The van der Waals surface area contributed by atoms with Crippen LogP contribution in [-0.2, 0) is 0 Å². The monoisotopic (exact) mass is 439 g/mol. The van der Waals surface area contributed by atoms with Crippen molar-refractivity contribution >= 4 is 115 Å². The van der Waals surface area contributed by atoms with Crippen molar-refractivity contribution < 1.29 is 0 Å². The molecular weight excluding hydrogens is 442 g/mol. The smallest absolute Gasteiger partial charge is 0.0849 e. The van der Waals surface area contributed by atoms with Crippen molar-refractivity contribution in [1.82, 2.24) is 4.98 Å². The van der Waals surface area contributed by atoms with Crippen LogP contribution in [0.5, 0.6) is 0 Å². The molecule has 0 saturated heterocycles. The van der Waals surface area contributed by atoms with Gasteiger partial charge in [-0.25, -0.2) is 0 Å². The minimum absolute atomic E-state index is 0.120. The standard InChI is InChI=1S/C12HCl8N/c13-3-1-2-4(14)6(16)8(18)10(20)12(2)21-11(1)9(19)7(17)5(3)15/h21H. The second-order valence-corrected chi connectivity index (χ2v) is 7.16. The van der Waals surface area contributed by atoms with Gasteiger partial charge in [0.2, 0.25) is 0 Å². The first-order chi connectivity index (χ1) is 9.77. The van der Waals surface area contributed by atoms with E-state index in [0.717, 1.165) is 0 Å². The van der Waals surface area contributed by atoms with E-state index >= 15 is 0 Å². The van der Waals surface area contributed by atoms with Crippen LogP contribution in [0.25, 0.3) is 21.8 Å². The molecule has 0 saturated carbocycles. The molecule has 0 aliphatic heterocycles. The Hall–Kier alpha value is 0.560. The summed E-state index contributed by atoms with van der Waals surface area (Å²) in [6, 6.07) is 0. The second kappa shape index (κ2) is 5.58. The van der Waals surface area contributed by atoms with Gasteiger partial charge in [0, 0.05) is 10.8 Å². The molecule has 0 radical (unpaired) electrons. The van der Waals surface area contributed by atoms with E-state index in [9.17, 15) is 0 Å². The maximum absolute atomic E-state index is 6.27. The van der Waals surface area contributed by atoms with Crippen LogP contribution < -0.4 is 0 Å². The highest BCUT2D eigenvalue weighted by molar-refractivity contribution is 6.59. The van der Waals surface area contributed by atoms with Crippen molar-refractivity contribution in [2.75, 3.05) is 0 Å². The lowest BCUT2D eigenvalue weighted by atomic mass is 10.1. The van der Waals surface area contributed by atoms with Gasteiger partial charge in [-0.2, -0.15) is 0 Å². The van der Waals surface area contributed by atoms with Gasteiger partial charge in [0.1, 0.15) is 0 Å². The van der Waals surface area contributed by atoms with Gasteiger partial charge in [0.25, 0.3) is 0 Å². The van der Waals surface area contributed by atoms with Gasteiger partial charge >= 0.3 is 0 Å². The predicted molar refractivity (Wildman–Crippen MR) is 95.9 cm³/mol. The molecule has 1 aromatic heterocycles. The van der Waals surface area contributed by atoms with Crippen molar-refractivity contribution in [3.8, 4) is 0 Å². The molecule has 0 aliphatic carbocycles. The molecule has 2 aromatic carbocycles. The minimum Gasteiger partial charge on any atom is -0.352 e. The third-order valence-electron chi connectivity index (χ3n) is 3.03. The van der Waals surface area contributed by atoms with Crippen LogP contribution in [0.2, 0.25) is 40.2 Å². The molecular formula is C12HCl8N. The normalized spacial score (nSPS) is 11.8. The number of fused-ring (bicyclic) bond motifs is 3. The summed E-state index contributed by atoms with van der Waals surface area (Å²) in [5, 5.41) is 2.28. The Balaban J connectivity index is 2.73. The molecule has 0 fully saturated rings. The Morgan fingerprint density at radius 1 is 0.381 bits per heavy atom. The predicted octanol–water partition coefficient (Wildman–Crippen LogP) is 8.55. The van der Waals surface area contributed by atoms with E-state index in [1.54, 1.807) is 0 Å². The summed E-state index contributed by atoms with van der Waals surface area (Å²) < 4.78 is 0. The number of hydrogen-bond acceptors (Lipinski definition) is 0. The van der Waals surface area contributed by atoms with Crippen LogP contribution in [-0.4, -0.2) is 4.98 Å². The highest BCUT2D eigenvalue weighted by Crippen LogP contribution is 2.51. The van der Waals surface area contributed by atoms with Gasteiger partial charge in [0.05, 0.1) is 51.2 Å². The molecule has 3 rings (SSSR count). The summed E-state index contributed by atoms with van der Waals surface area (Å²) in [7, 11) is 0. The second-order valence-electron chi connectivity index (χ2n) is 4.14. The molecule has 0 atom stereocenters. The summed E-state index contributed by atoms with van der Waals surface area (Å²) in [5.41, 5.74) is 0.904. The topological polar surface area (TPSA) is 15.8 Å². The fourth-order valence-corrected chi connectivity index (χ4v) is 4.08. The van der Waals surface area contributed by atoms with E-state index in [1.807, 2.05) is 0 Å². The lowest BCUT2D eigenvalue weighted by molar-refractivity contribution is 1.54. The first-order valence-electron chi connectivity index (χ1n) is 5.26. The quantitative estimate of drug-likeness (QED) is 0.265. The van der Waals surface area contributed by atoms with Gasteiger partial charge in [-0.3, -0.25) is 0 Å². The number of hydrogen-bond donors (Lipinski definition) is 1. The van der Waals surface area contributed by atoms with Crippen molar-refractivity contribution in [1.29, 1.82) is 0 Å². The maximum Gasteiger partial charge on any atom is 0.0849 e. The van der Waals surface area contributed by atoms with Gasteiger partial charge in [-0.15, -0.1) is 0 Å². The van der Waals surface area contributed by atoms with Crippen LogP contribution in [0.1, 0.15) is 0 Å². The number of H-pyrrole nitrogens is 1. The number of nitrogens with one attached hydrogen (secondary N) is 1. The lowest BCUT2D eigenvalue weighted by Crippen LogP contribution is -1.80. The highest BCUT2D eigenvalue weighted by atomic mass is 35.5. The molecule has 1 nitrogen and oxygen atoms in total. The average molecular weight is 443 g/mol. The number of halogens is 8. The fraction of sp³-hybridized carbons (Fsp3) is 0. The largest absolute Gasteiger partial charge is 0.352 e. The van der Waals surface area contributed by atoms with Crippen LogP contribution in [0, 0.1) is 0 Å². The molecule has 21 heavy (non-hydrogen) atoms. The zero-order valence-electron chi connectivity index (χ0n) is 9.52. The van der Waals surface area contributed by atoms with Gasteiger partial charge in [0.15, 0.2) is 0 Å². The van der Waals surface area contributed by atoms with Crippen LogP contribution >= 0.6 is 92.8 Å². The van der Waals surface area contributed by atoms with Crippen molar-refractivity contribution in [2.45, 2.75) is 0 Å². The summed E-state index contributed by atoms with van der Waals surface area (Å²) in [4.78, 5) is 3.01. The van der Waals surface area contributed by atoms with Gasteiger partial charge in [-0.05, 0) is 0 Å². The number of benzene rings is 2. The zero-order chi connectivity index (χ0) is 15.6. The molecule has 0 amide bonds. The third-order valence-corrected chi connectivity index (χ3v) is 6.64. The van der Waals surface area contributed by atoms with E-state index in [1.165, 1.54) is 0 Å². The molecule has 1 N–H and O–H groups in total. The fourth-order valence-electron chi connectivity index (χ4n) is 2.09. The average Bonchev–Trinajstić information content (AvgIpc) is 2.87. The SMILES string of the molecule is Clc1c(Cl)c(Cl)c2c([nH]c3c(Cl)c(Cl)c(Cl)c(Cl)c32)c1Cl. The zero-order valence-corrected chi connectivity index (χ0v) is 15.6. The van der Waals surface area contributed by atoms with E-state index in [0.29, 0.717) is 21.8 Å². The number of rotatable bonds is 0. The Kier molecular flexibility index (Phi) is 4.36. The highest BCUT2D eigenvalue weighted by Gasteiger charge is 2.24. The lowest BCUT2D eigenvalue weighted by Gasteiger charge is -2.06. The first-order valence-corrected chi connectivity index (χ1v) is 8.29. The van der Waals surface area contributed by atoms with Crippen LogP contribution in [0.15, 0.2) is 0 Å². The molecule has 0 unspecified atom stereocenters. The molecule has 0 aliphatic rings. The Morgan fingerprint density at radius 2 is 0.667 bits per heavy atom. The Bertz CT molecular complexity index is 853. The molecule has 9 heteroatoms. The maximum atomic E-state index is 6.27. The Morgan fingerprint density at radius 3 is 1.00 bits per heavy atom. The number of aromatic nitrogens is 1. The van der Waals surface area contributed by atoms with Crippen molar-refractivity contribution in [3.05, 3.63) is 40.2 Å². The van der Waals surface area contributed by atoms with Gasteiger partial charge in [-0.1, -0.05) is 92.8 Å². The molecule has 1 heterocycles. The van der Waals surface area contributed by atoms with Crippen LogP contribution in [0.4, 0.5) is 0 Å². The van der Waals surface area contributed by atoms with Gasteiger partial charge < -0.3 is 4.98 Å². The summed E-state index contributed by atoms with van der Waals surface area (Å²) in [6.45, 7) is 0. The third kappa shape index (κ3) is 2.21. The summed E-state index contributed by atoms with van der Waals surface area (Å²) in [6.07, 6.45) is 0. The van der Waals surface area contributed by atoms with Crippen LogP contribution in [0.3, 0.4) is 0 Å². The van der Waals surface area contributed by atoms with E-state index in [-0.39, 0.29) is 40.2 Å². The molecule has 110 valence electrons. The molecule has 0 bridgehead atoms. The first kappa shape index (κ1) is 16.4. The molecule has 3 aromatic rings. The van der Waals surface area contributed by atoms with E-state index in [4.69, 9.17) is 92.8 Å². The van der Waals surface area contributed by atoms with E-state index in [2.05, 4.69) is 4.98 Å². The molecule has 0 spiro atoms. The Labute approximate surface area is 158 Å². The van der Waals surface area contributed by atoms with E-state index < -0.39 is 0 Å². The summed E-state index contributed by atoms with van der Waals surface area (Å²) in [5.74, 6) is 0. The number of aromatic amines is 1. The summed E-state index contributed by atoms with van der Waals surface area (Å²) >= 11 is 49.2. The minimum atomic E-state index is 0.120. The van der Waals surface area contributed by atoms with Crippen molar-refractivity contribution in [2.24, 2.45) is 0 Å².